The van der Waals surface area contributed by atoms with Crippen LogP contribution in [0.1, 0.15) is 36.5 Å². The van der Waals surface area contributed by atoms with Crippen molar-refractivity contribution in [3.8, 4) is 5.75 Å². The molecule has 0 saturated carbocycles. The van der Waals surface area contributed by atoms with Crippen LogP contribution in [-0.4, -0.2) is 18.3 Å². The topological polar surface area (TPSA) is 55.4 Å². The first-order valence-electron chi connectivity index (χ1n) is 7.80. The van der Waals surface area contributed by atoms with Gasteiger partial charge in [0, 0.05) is 24.1 Å². The van der Waals surface area contributed by atoms with E-state index in [9.17, 15) is 9.59 Å². The number of Topliss-reactive ketones (excluding diaryl/α,β-unsaturated/α-hetero) is 1. The fourth-order valence-electron chi connectivity index (χ4n) is 2.20. The zero-order valence-corrected chi connectivity index (χ0v) is 13.2. The van der Waals surface area contributed by atoms with Crippen LogP contribution in [0.25, 0.3) is 0 Å². The summed E-state index contributed by atoms with van der Waals surface area (Å²) in [6, 6.07) is 16.4. The zero-order valence-electron chi connectivity index (χ0n) is 13.2. The van der Waals surface area contributed by atoms with E-state index in [1.807, 2.05) is 37.3 Å². The largest absolute Gasteiger partial charge is 0.494 e. The lowest BCUT2D eigenvalue weighted by molar-refractivity contribution is -0.116. The molecule has 0 aliphatic heterocycles. The van der Waals surface area contributed by atoms with E-state index < -0.39 is 0 Å². The molecule has 0 fully saturated rings. The number of ketones is 1. The summed E-state index contributed by atoms with van der Waals surface area (Å²) in [7, 11) is 0. The number of anilines is 1. The molecule has 0 aliphatic rings. The van der Waals surface area contributed by atoms with Crippen LogP contribution < -0.4 is 10.1 Å². The summed E-state index contributed by atoms with van der Waals surface area (Å²) in [5.74, 6) is 0.758. The Labute approximate surface area is 136 Å². The van der Waals surface area contributed by atoms with Crippen molar-refractivity contribution in [1.29, 1.82) is 0 Å². The van der Waals surface area contributed by atoms with Crippen molar-refractivity contribution in [2.75, 3.05) is 11.9 Å². The van der Waals surface area contributed by atoms with Crippen LogP contribution in [0.3, 0.4) is 0 Å². The molecule has 120 valence electrons. The van der Waals surface area contributed by atoms with Crippen LogP contribution in [0.5, 0.6) is 5.75 Å². The van der Waals surface area contributed by atoms with Crippen LogP contribution in [0, 0.1) is 0 Å². The molecule has 0 aromatic heterocycles. The highest BCUT2D eigenvalue weighted by Gasteiger charge is 2.07. The third-order valence-corrected chi connectivity index (χ3v) is 3.35. The second kappa shape index (κ2) is 8.73. The van der Waals surface area contributed by atoms with Gasteiger partial charge in [0.1, 0.15) is 5.75 Å². The van der Waals surface area contributed by atoms with Gasteiger partial charge in [-0.1, -0.05) is 30.3 Å². The van der Waals surface area contributed by atoms with Gasteiger partial charge in [-0.25, -0.2) is 0 Å². The maximum absolute atomic E-state index is 11.9. The molecule has 23 heavy (non-hydrogen) atoms. The van der Waals surface area contributed by atoms with Crippen LogP contribution in [-0.2, 0) is 4.79 Å². The first-order chi connectivity index (χ1) is 11.2. The predicted molar refractivity (Wildman–Crippen MR) is 90.9 cm³/mol. The van der Waals surface area contributed by atoms with Crippen LogP contribution in [0.2, 0.25) is 0 Å². The summed E-state index contributed by atoms with van der Waals surface area (Å²) in [4.78, 5) is 23.8. The Morgan fingerprint density at radius 3 is 2.30 bits per heavy atom. The van der Waals surface area contributed by atoms with Gasteiger partial charge in [-0.15, -0.1) is 0 Å². The molecule has 2 rings (SSSR count). The summed E-state index contributed by atoms with van der Waals surface area (Å²) in [6.45, 7) is 2.54. The molecule has 4 heteroatoms. The van der Waals surface area contributed by atoms with Gasteiger partial charge in [-0.05, 0) is 37.6 Å². The van der Waals surface area contributed by atoms with Gasteiger partial charge in [-0.2, -0.15) is 0 Å². The van der Waals surface area contributed by atoms with E-state index in [0.717, 1.165) is 11.4 Å². The minimum atomic E-state index is -0.0879. The number of carbonyl (C=O) groups is 2. The van der Waals surface area contributed by atoms with Gasteiger partial charge in [0.25, 0.3) is 0 Å². The Balaban J connectivity index is 1.73. The van der Waals surface area contributed by atoms with E-state index in [-0.39, 0.29) is 11.7 Å². The van der Waals surface area contributed by atoms with E-state index in [4.69, 9.17) is 4.74 Å². The van der Waals surface area contributed by atoms with Crippen molar-refractivity contribution in [3.63, 3.8) is 0 Å². The van der Waals surface area contributed by atoms with Gasteiger partial charge in [0.2, 0.25) is 5.91 Å². The minimum Gasteiger partial charge on any atom is -0.494 e. The van der Waals surface area contributed by atoms with Crippen molar-refractivity contribution >= 4 is 17.4 Å². The Hall–Kier alpha value is -2.62. The smallest absolute Gasteiger partial charge is 0.224 e. The quantitative estimate of drug-likeness (QED) is 0.747. The summed E-state index contributed by atoms with van der Waals surface area (Å²) in [5.41, 5.74) is 1.42. The first-order valence-corrected chi connectivity index (χ1v) is 7.80. The number of carbonyl (C=O) groups excluding carboxylic acids is 2. The Kier molecular flexibility index (Phi) is 6.36. The molecular formula is C19H21NO3. The van der Waals surface area contributed by atoms with Crippen molar-refractivity contribution in [2.24, 2.45) is 0 Å². The Morgan fingerprint density at radius 1 is 0.957 bits per heavy atom. The molecule has 2 aromatic rings. The summed E-state index contributed by atoms with van der Waals surface area (Å²) in [6.07, 6.45) is 1.24. The highest BCUT2D eigenvalue weighted by atomic mass is 16.5. The lowest BCUT2D eigenvalue weighted by atomic mass is 10.1. The van der Waals surface area contributed by atoms with Gasteiger partial charge in [0.15, 0.2) is 5.78 Å². The third-order valence-electron chi connectivity index (χ3n) is 3.35. The Morgan fingerprint density at radius 2 is 1.65 bits per heavy atom. The molecule has 0 radical (unpaired) electrons. The molecule has 0 bridgehead atoms. The molecule has 2 aromatic carbocycles. The number of hydrogen-bond acceptors (Lipinski definition) is 3. The van der Waals surface area contributed by atoms with Crippen molar-refractivity contribution in [2.45, 2.75) is 26.2 Å². The molecule has 1 amide bonds. The molecule has 4 nitrogen and oxygen atoms in total. The highest BCUT2D eigenvalue weighted by Crippen LogP contribution is 2.16. The number of rotatable bonds is 8. The average molecular weight is 311 g/mol. The maximum atomic E-state index is 11.9. The lowest BCUT2D eigenvalue weighted by Crippen LogP contribution is -2.12. The van der Waals surface area contributed by atoms with Gasteiger partial charge in [0.05, 0.1) is 6.61 Å². The average Bonchev–Trinajstić information content (AvgIpc) is 2.57. The van der Waals surface area contributed by atoms with Gasteiger partial charge < -0.3 is 10.1 Å². The fourth-order valence-corrected chi connectivity index (χ4v) is 2.20. The summed E-state index contributed by atoms with van der Waals surface area (Å²) in [5, 5.41) is 2.82. The van der Waals surface area contributed by atoms with E-state index >= 15 is 0 Å². The minimum absolute atomic E-state index is 0.0690. The molecule has 0 saturated heterocycles. The number of benzene rings is 2. The molecule has 0 aliphatic carbocycles. The van der Waals surface area contributed by atoms with Crippen LogP contribution in [0.15, 0.2) is 54.6 Å². The second-order valence-electron chi connectivity index (χ2n) is 5.15. The van der Waals surface area contributed by atoms with Crippen molar-refractivity contribution < 1.29 is 14.3 Å². The number of amides is 1. The Bertz CT molecular complexity index is 635. The predicted octanol–water partition coefficient (Wildman–Crippen LogP) is 4.08. The second-order valence-corrected chi connectivity index (χ2v) is 5.15. The van der Waals surface area contributed by atoms with Gasteiger partial charge in [-0.3, -0.25) is 9.59 Å². The van der Waals surface area contributed by atoms with E-state index in [2.05, 4.69) is 5.32 Å². The van der Waals surface area contributed by atoms with E-state index in [0.29, 0.717) is 31.4 Å². The zero-order chi connectivity index (χ0) is 16.5. The first kappa shape index (κ1) is 16.7. The molecule has 0 spiro atoms. The molecule has 0 atom stereocenters. The third kappa shape index (κ3) is 5.58. The van der Waals surface area contributed by atoms with Crippen molar-refractivity contribution in [1.82, 2.24) is 0 Å². The van der Waals surface area contributed by atoms with Crippen molar-refractivity contribution in [3.05, 3.63) is 60.2 Å². The van der Waals surface area contributed by atoms with E-state index in [1.165, 1.54) is 0 Å². The van der Waals surface area contributed by atoms with Crippen LogP contribution in [0.4, 0.5) is 5.69 Å². The number of ether oxygens (including phenoxy) is 1. The summed E-state index contributed by atoms with van der Waals surface area (Å²) >= 11 is 0. The lowest BCUT2D eigenvalue weighted by Gasteiger charge is -2.07. The van der Waals surface area contributed by atoms with Crippen LogP contribution >= 0.6 is 0 Å². The normalized spacial score (nSPS) is 10.1. The monoisotopic (exact) mass is 311 g/mol. The fraction of sp³-hybridized carbons (Fsp3) is 0.263. The molecule has 1 N–H and O–H groups in total. The maximum Gasteiger partial charge on any atom is 0.224 e. The summed E-state index contributed by atoms with van der Waals surface area (Å²) < 4.78 is 5.35. The van der Waals surface area contributed by atoms with Gasteiger partial charge >= 0.3 is 0 Å². The number of hydrogen-bond donors (Lipinski definition) is 1. The molecule has 0 unspecified atom stereocenters. The number of nitrogens with one attached hydrogen (secondary N) is 1. The SMILES string of the molecule is CCOc1ccc(NC(=O)CCCC(=O)c2ccccc2)cc1. The molecule has 0 heterocycles. The highest BCUT2D eigenvalue weighted by molar-refractivity contribution is 5.96. The molecular weight excluding hydrogens is 290 g/mol. The van der Waals surface area contributed by atoms with E-state index in [1.54, 1.807) is 24.3 Å². The standard InChI is InChI=1S/C19H21NO3/c1-2-23-17-13-11-16(12-14-17)20-19(22)10-6-9-18(21)15-7-4-3-5-8-15/h3-5,7-8,11-14H,2,6,9-10H2,1H3,(H,20,22).